The second-order valence-corrected chi connectivity index (χ2v) is 6.19. The van der Waals surface area contributed by atoms with Crippen molar-refractivity contribution in [3.63, 3.8) is 0 Å². The van der Waals surface area contributed by atoms with E-state index in [4.69, 9.17) is 0 Å². The van der Waals surface area contributed by atoms with Gasteiger partial charge in [-0.15, -0.1) is 22.7 Å². The van der Waals surface area contributed by atoms with E-state index in [9.17, 15) is 15.0 Å². The molecule has 0 saturated heterocycles. The normalized spacial score (nSPS) is 14.1. The number of thiophene rings is 2. The van der Waals surface area contributed by atoms with E-state index in [2.05, 4.69) is 5.32 Å². The quantitative estimate of drug-likeness (QED) is 0.790. The fraction of sp³-hybridized carbons (Fsp3) is 0.308. The Kier molecular flexibility index (Phi) is 4.71. The lowest BCUT2D eigenvalue weighted by atomic mass is 10.1. The van der Waals surface area contributed by atoms with Crippen molar-refractivity contribution in [2.45, 2.75) is 19.1 Å². The fourth-order valence-electron chi connectivity index (χ4n) is 1.61. The van der Waals surface area contributed by atoms with Crippen LogP contribution in [0.1, 0.15) is 17.9 Å². The molecular weight excluding hydrogens is 282 g/mol. The zero-order valence-corrected chi connectivity index (χ0v) is 12.0. The van der Waals surface area contributed by atoms with Crippen LogP contribution in [0, 0.1) is 0 Å². The molecule has 2 unspecified atom stereocenters. The Balaban J connectivity index is 2.03. The Morgan fingerprint density at radius 3 is 2.74 bits per heavy atom. The lowest BCUT2D eigenvalue weighted by Gasteiger charge is -2.16. The molecule has 2 atom stereocenters. The van der Waals surface area contributed by atoms with Gasteiger partial charge in [0.25, 0.3) is 0 Å². The molecule has 19 heavy (non-hydrogen) atoms. The number of aliphatic hydroxyl groups is 2. The van der Waals surface area contributed by atoms with E-state index >= 15 is 0 Å². The summed E-state index contributed by atoms with van der Waals surface area (Å²) in [5, 5.41) is 24.3. The molecule has 0 bridgehead atoms. The molecule has 2 aromatic heterocycles. The van der Waals surface area contributed by atoms with Crippen molar-refractivity contribution in [3.05, 3.63) is 34.5 Å². The average Bonchev–Trinajstić information content (AvgIpc) is 3.04. The van der Waals surface area contributed by atoms with Gasteiger partial charge in [0.15, 0.2) is 0 Å². The Morgan fingerprint density at radius 2 is 2.11 bits per heavy atom. The Bertz CT molecular complexity index is 536. The van der Waals surface area contributed by atoms with Gasteiger partial charge in [0.1, 0.15) is 12.2 Å². The van der Waals surface area contributed by atoms with E-state index < -0.39 is 12.2 Å². The number of carbonyl (C=O) groups excluding carboxylic acids is 1. The Labute approximate surface area is 119 Å². The zero-order valence-electron chi connectivity index (χ0n) is 10.4. The first kappa shape index (κ1) is 14.2. The maximum atomic E-state index is 10.8. The van der Waals surface area contributed by atoms with Crippen LogP contribution >= 0.6 is 22.7 Å². The lowest BCUT2D eigenvalue weighted by molar-refractivity contribution is -0.119. The van der Waals surface area contributed by atoms with Gasteiger partial charge in [-0.05, 0) is 23.6 Å². The smallest absolute Gasteiger partial charge is 0.216 e. The number of hydrogen-bond donors (Lipinski definition) is 3. The van der Waals surface area contributed by atoms with Gasteiger partial charge in [-0.1, -0.05) is 6.07 Å². The van der Waals surface area contributed by atoms with E-state index in [1.807, 2.05) is 23.6 Å². The van der Waals surface area contributed by atoms with Crippen molar-refractivity contribution in [1.29, 1.82) is 0 Å². The molecule has 2 aromatic rings. The summed E-state index contributed by atoms with van der Waals surface area (Å²) >= 11 is 3.08. The molecule has 102 valence electrons. The number of carbonyl (C=O) groups is 1. The van der Waals surface area contributed by atoms with Gasteiger partial charge in [-0.2, -0.15) is 0 Å². The van der Waals surface area contributed by atoms with E-state index in [1.165, 1.54) is 18.3 Å². The summed E-state index contributed by atoms with van der Waals surface area (Å²) in [5.74, 6) is -0.225. The highest BCUT2D eigenvalue weighted by molar-refractivity contribution is 7.21. The monoisotopic (exact) mass is 297 g/mol. The molecule has 0 fully saturated rings. The van der Waals surface area contributed by atoms with Gasteiger partial charge in [0.2, 0.25) is 5.91 Å². The molecule has 0 aliphatic carbocycles. The Morgan fingerprint density at radius 1 is 1.32 bits per heavy atom. The molecule has 1 amide bonds. The average molecular weight is 297 g/mol. The highest BCUT2D eigenvalue weighted by Gasteiger charge is 2.20. The van der Waals surface area contributed by atoms with Gasteiger partial charge in [0, 0.05) is 28.1 Å². The van der Waals surface area contributed by atoms with Crippen molar-refractivity contribution >= 4 is 28.6 Å². The van der Waals surface area contributed by atoms with Crippen molar-refractivity contribution in [1.82, 2.24) is 5.32 Å². The SMILES string of the molecule is CC(=O)NCC(O)C(O)c1ccc(-c2cccs2)s1. The van der Waals surface area contributed by atoms with Crippen LogP contribution < -0.4 is 5.32 Å². The third kappa shape index (κ3) is 3.63. The highest BCUT2D eigenvalue weighted by Crippen LogP contribution is 2.34. The number of aliphatic hydroxyl groups excluding tert-OH is 2. The first-order valence-corrected chi connectivity index (χ1v) is 7.51. The summed E-state index contributed by atoms with van der Waals surface area (Å²) < 4.78 is 0. The molecule has 2 rings (SSSR count). The van der Waals surface area contributed by atoms with Crippen LogP contribution in [0.15, 0.2) is 29.6 Å². The van der Waals surface area contributed by atoms with Crippen molar-refractivity contribution in [3.8, 4) is 9.75 Å². The summed E-state index contributed by atoms with van der Waals surface area (Å²) in [6.45, 7) is 1.42. The van der Waals surface area contributed by atoms with Gasteiger partial charge in [0.05, 0.1) is 0 Å². The number of rotatable bonds is 5. The predicted octanol–water partition coefficient (Wildman–Crippen LogP) is 2.01. The van der Waals surface area contributed by atoms with Gasteiger partial charge >= 0.3 is 0 Å². The number of amides is 1. The molecule has 3 N–H and O–H groups in total. The second kappa shape index (κ2) is 6.29. The van der Waals surface area contributed by atoms with E-state index in [1.54, 1.807) is 17.4 Å². The minimum Gasteiger partial charge on any atom is -0.388 e. The van der Waals surface area contributed by atoms with Crippen LogP contribution in [0.3, 0.4) is 0 Å². The molecule has 0 aliphatic rings. The van der Waals surface area contributed by atoms with E-state index in [-0.39, 0.29) is 12.5 Å². The molecular formula is C13H15NO3S2. The second-order valence-electron chi connectivity index (χ2n) is 4.13. The summed E-state index contributed by atoms with van der Waals surface area (Å²) in [6.07, 6.45) is -1.98. The molecule has 0 spiro atoms. The molecule has 0 radical (unpaired) electrons. The maximum absolute atomic E-state index is 10.8. The third-order valence-electron chi connectivity index (χ3n) is 2.61. The minimum absolute atomic E-state index is 0.0444. The molecule has 0 aliphatic heterocycles. The van der Waals surface area contributed by atoms with Crippen LogP contribution in [-0.2, 0) is 4.79 Å². The van der Waals surface area contributed by atoms with Gasteiger partial charge in [-0.3, -0.25) is 4.79 Å². The summed E-state index contributed by atoms with van der Waals surface area (Å²) in [4.78, 5) is 13.7. The molecule has 0 saturated carbocycles. The van der Waals surface area contributed by atoms with Crippen molar-refractivity contribution in [2.75, 3.05) is 6.54 Å². The number of hydrogen-bond acceptors (Lipinski definition) is 5. The molecule has 2 heterocycles. The van der Waals surface area contributed by atoms with Crippen molar-refractivity contribution < 1.29 is 15.0 Å². The van der Waals surface area contributed by atoms with Crippen molar-refractivity contribution in [2.24, 2.45) is 0 Å². The third-order valence-corrected chi connectivity index (χ3v) is 4.83. The summed E-state index contributed by atoms with van der Waals surface area (Å²) in [7, 11) is 0. The fourth-order valence-corrected chi connectivity index (χ4v) is 3.50. The first-order chi connectivity index (χ1) is 9.08. The van der Waals surface area contributed by atoms with Crippen LogP contribution in [0.4, 0.5) is 0 Å². The first-order valence-electron chi connectivity index (χ1n) is 5.82. The van der Waals surface area contributed by atoms with E-state index in [0.29, 0.717) is 4.88 Å². The van der Waals surface area contributed by atoms with Crippen LogP contribution in [-0.4, -0.2) is 28.8 Å². The van der Waals surface area contributed by atoms with Gasteiger partial charge in [-0.25, -0.2) is 0 Å². The standard InChI is InChI=1S/C13H15NO3S2/c1-8(15)14-7-9(16)13(17)12-5-4-11(19-12)10-3-2-6-18-10/h2-6,9,13,16-17H,7H2,1H3,(H,14,15). The Hall–Kier alpha value is -1.21. The molecule has 4 nitrogen and oxygen atoms in total. The highest BCUT2D eigenvalue weighted by atomic mass is 32.1. The lowest BCUT2D eigenvalue weighted by Crippen LogP contribution is -2.33. The topological polar surface area (TPSA) is 69.6 Å². The minimum atomic E-state index is -1.00. The summed E-state index contributed by atoms with van der Waals surface area (Å²) in [6, 6.07) is 7.73. The largest absolute Gasteiger partial charge is 0.388 e. The van der Waals surface area contributed by atoms with Crippen LogP contribution in [0.2, 0.25) is 0 Å². The van der Waals surface area contributed by atoms with Gasteiger partial charge < -0.3 is 15.5 Å². The molecule has 6 heteroatoms. The predicted molar refractivity (Wildman–Crippen MR) is 77.3 cm³/mol. The van der Waals surface area contributed by atoms with E-state index in [0.717, 1.165) is 9.75 Å². The maximum Gasteiger partial charge on any atom is 0.216 e. The number of nitrogens with one attached hydrogen (secondary N) is 1. The summed E-state index contributed by atoms with van der Waals surface area (Å²) in [5.41, 5.74) is 0. The molecule has 0 aromatic carbocycles. The zero-order chi connectivity index (χ0) is 13.8. The van der Waals surface area contributed by atoms with Crippen LogP contribution in [0.25, 0.3) is 9.75 Å². The van der Waals surface area contributed by atoms with Crippen LogP contribution in [0.5, 0.6) is 0 Å².